The number of amides is 2. The second-order valence-electron chi connectivity index (χ2n) is 6.22. The van der Waals surface area contributed by atoms with Crippen molar-refractivity contribution in [3.63, 3.8) is 0 Å². The number of sulfonamides is 1. The van der Waals surface area contributed by atoms with Gasteiger partial charge in [0.2, 0.25) is 10.0 Å². The average molecular weight is 460 g/mol. The van der Waals surface area contributed by atoms with E-state index in [-0.39, 0.29) is 10.7 Å². The lowest BCUT2D eigenvalue weighted by Crippen LogP contribution is -2.38. The fraction of sp³-hybridized carbons (Fsp3) is 0.0556. The largest absolute Gasteiger partial charge is 0.386 e. The van der Waals surface area contributed by atoms with Gasteiger partial charge in [-0.2, -0.15) is 9.98 Å². The highest BCUT2D eigenvalue weighted by Gasteiger charge is 2.39. The van der Waals surface area contributed by atoms with Crippen LogP contribution in [0.25, 0.3) is 5.57 Å². The Morgan fingerprint density at radius 1 is 1.00 bits per heavy atom. The SMILES string of the molecule is NC1=NC(=O)N=C2C1C(c1ccc(Br)cc1)=CN2c1ccc(S(N)(=O)=O)cc1. The van der Waals surface area contributed by atoms with Gasteiger partial charge in [-0.15, -0.1) is 0 Å². The van der Waals surface area contributed by atoms with E-state index in [1.54, 1.807) is 17.0 Å². The first-order chi connectivity index (χ1) is 13.2. The van der Waals surface area contributed by atoms with Crippen molar-refractivity contribution < 1.29 is 13.2 Å². The van der Waals surface area contributed by atoms with E-state index in [1.807, 2.05) is 30.5 Å². The Labute approximate surface area is 169 Å². The van der Waals surface area contributed by atoms with Gasteiger partial charge in [0.15, 0.2) is 0 Å². The summed E-state index contributed by atoms with van der Waals surface area (Å²) in [4.78, 5) is 21.4. The Balaban J connectivity index is 1.82. The summed E-state index contributed by atoms with van der Waals surface area (Å²) in [6.45, 7) is 0. The third-order valence-electron chi connectivity index (χ3n) is 4.44. The molecule has 28 heavy (non-hydrogen) atoms. The summed E-state index contributed by atoms with van der Waals surface area (Å²) in [5, 5.41) is 5.16. The van der Waals surface area contributed by atoms with E-state index in [1.165, 1.54) is 12.1 Å². The van der Waals surface area contributed by atoms with Gasteiger partial charge in [-0.25, -0.2) is 18.4 Å². The smallest absolute Gasteiger partial charge is 0.370 e. The molecule has 10 heteroatoms. The second-order valence-corrected chi connectivity index (χ2v) is 8.70. The molecule has 0 fully saturated rings. The number of fused-ring (bicyclic) bond motifs is 1. The monoisotopic (exact) mass is 459 g/mol. The Bertz CT molecular complexity index is 1170. The molecule has 2 aromatic carbocycles. The van der Waals surface area contributed by atoms with Crippen molar-refractivity contribution in [2.45, 2.75) is 4.90 Å². The van der Waals surface area contributed by atoms with E-state index < -0.39 is 22.0 Å². The topological polar surface area (TPSA) is 131 Å². The van der Waals surface area contributed by atoms with Crippen LogP contribution in [0.5, 0.6) is 0 Å². The fourth-order valence-electron chi connectivity index (χ4n) is 3.15. The van der Waals surface area contributed by atoms with Gasteiger partial charge in [0.05, 0.1) is 4.90 Å². The third kappa shape index (κ3) is 3.26. The molecule has 2 aliphatic rings. The zero-order chi connectivity index (χ0) is 20.1. The molecular formula is C18H14BrN5O3S. The minimum absolute atomic E-state index is 0.00755. The van der Waals surface area contributed by atoms with E-state index in [9.17, 15) is 13.2 Å². The number of carbonyl (C=O) groups is 1. The van der Waals surface area contributed by atoms with Gasteiger partial charge in [-0.3, -0.25) is 0 Å². The summed E-state index contributed by atoms with van der Waals surface area (Å²) < 4.78 is 23.9. The van der Waals surface area contributed by atoms with Crippen LogP contribution in [0.4, 0.5) is 10.5 Å². The number of halogens is 1. The number of carbonyl (C=O) groups excluding carboxylic acids is 1. The number of hydrogen-bond donors (Lipinski definition) is 2. The molecule has 1 unspecified atom stereocenters. The summed E-state index contributed by atoms with van der Waals surface area (Å²) in [6.07, 6.45) is 1.82. The van der Waals surface area contributed by atoms with E-state index in [4.69, 9.17) is 10.9 Å². The van der Waals surface area contributed by atoms with Crippen LogP contribution in [-0.2, 0) is 10.0 Å². The van der Waals surface area contributed by atoms with Crippen molar-refractivity contribution in [3.05, 3.63) is 64.8 Å². The molecule has 2 aliphatic heterocycles. The van der Waals surface area contributed by atoms with E-state index in [0.29, 0.717) is 11.5 Å². The van der Waals surface area contributed by atoms with E-state index >= 15 is 0 Å². The van der Waals surface area contributed by atoms with Crippen LogP contribution in [0.15, 0.2) is 74.1 Å². The normalized spacial score (nSPS) is 19.1. The molecule has 0 saturated carbocycles. The summed E-state index contributed by atoms with van der Waals surface area (Å²) >= 11 is 3.41. The van der Waals surface area contributed by atoms with Crippen LogP contribution in [0.2, 0.25) is 0 Å². The molecule has 0 saturated heterocycles. The van der Waals surface area contributed by atoms with Crippen molar-refractivity contribution in [1.82, 2.24) is 0 Å². The van der Waals surface area contributed by atoms with Crippen molar-refractivity contribution in [3.8, 4) is 0 Å². The maximum absolute atomic E-state index is 11.9. The molecule has 1 atom stereocenters. The minimum Gasteiger partial charge on any atom is -0.386 e. The van der Waals surface area contributed by atoms with Crippen LogP contribution in [0.3, 0.4) is 0 Å². The molecule has 0 aromatic heterocycles. The lowest BCUT2D eigenvalue weighted by atomic mass is 9.93. The average Bonchev–Trinajstić information content (AvgIpc) is 3.01. The summed E-state index contributed by atoms with van der Waals surface area (Å²) in [5.41, 5.74) is 8.41. The fourth-order valence-corrected chi connectivity index (χ4v) is 3.93. The number of urea groups is 1. The highest BCUT2D eigenvalue weighted by atomic mass is 79.9. The highest BCUT2D eigenvalue weighted by Crippen LogP contribution is 2.37. The van der Waals surface area contributed by atoms with Gasteiger partial charge in [0.1, 0.15) is 17.6 Å². The molecule has 4 N–H and O–H groups in total. The molecule has 2 amide bonds. The lowest BCUT2D eigenvalue weighted by Gasteiger charge is -2.23. The summed E-state index contributed by atoms with van der Waals surface area (Å²) in [5.74, 6) is 0.100. The standard InChI is InChI=1S/C18H14BrN5O3S/c19-11-3-1-10(2-4-11)14-9-24(17-15(14)16(20)22-18(25)23-17)12-5-7-13(8-6-12)28(21,26)27/h1-9,15H,(H2,20,22,25)(H2,21,26,27). The van der Waals surface area contributed by atoms with E-state index in [0.717, 1.165) is 15.6 Å². The highest BCUT2D eigenvalue weighted by molar-refractivity contribution is 9.10. The van der Waals surface area contributed by atoms with Crippen molar-refractivity contribution in [1.29, 1.82) is 0 Å². The first-order valence-corrected chi connectivity index (χ1v) is 10.4. The Hall–Kier alpha value is -2.82. The molecule has 4 rings (SSSR count). The molecule has 0 radical (unpaired) electrons. The van der Waals surface area contributed by atoms with Gasteiger partial charge < -0.3 is 10.6 Å². The number of amidine groups is 2. The third-order valence-corrected chi connectivity index (χ3v) is 5.89. The lowest BCUT2D eigenvalue weighted by molar-refractivity contribution is 0.256. The number of rotatable bonds is 3. The molecule has 2 heterocycles. The Morgan fingerprint density at radius 2 is 1.64 bits per heavy atom. The predicted molar refractivity (Wildman–Crippen MR) is 110 cm³/mol. The van der Waals surface area contributed by atoms with Gasteiger partial charge in [0.25, 0.3) is 0 Å². The number of primary sulfonamides is 1. The molecule has 0 bridgehead atoms. The molecular weight excluding hydrogens is 446 g/mol. The summed E-state index contributed by atoms with van der Waals surface area (Å²) in [6, 6.07) is 12.9. The van der Waals surface area contributed by atoms with Crippen molar-refractivity contribution in [2.75, 3.05) is 4.90 Å². The Kier molecular flexibility index (Phi) is 4.41. The van der Waals surface area contributed by atoms with Gasteiger partial charge in [-0.1, -0.05) is 28.1 Å². The number of nitrogens with two attached hydrogens (primary N) is 2. The predicted octanol–water partition coefficient (Wildman–Crippen LogP) is 2.46. The zero-order valence-electron chi connectivity index (χ0n) is 14.3. The van der Waals surface area contributed by atoms with Crippen molar-refractivity contribution >= 4 is 54.9 Å². The van der Waals surface area contributed by atoms with Crippen molar-refractivity contribution in [2.24, 2.45) is 26.8 Å². The second kappa shape index (κ2) is 6.66. The maximum Gasteiger partial charge on any atom is 0.370 e. The first-order valence-electron chi connectivity index (χ1n) is 8.10. The number of anilines is 1. The van der Waals surface area contributed by atoms with E-state index in [2.05, 4.69) is 25.9 Å². The number of hydrogen-bond acceptors (Lipinski definition) is 5. The van der Waals surface area contributed by atoms with Crippen LogP contribution in [0, 0.1) is 5.92 Å². The van der Waals surface area contributed by atoms with Gasteiger partial charge in [-0.05, 0) is 47.5 Å². The molecule has 2 aromatic rings. The molecule has 0 aliphatic carbocycles. The van der Waals surface area contributed by atoms with Crippen LogP contribution >= 0.6 is 15.9 Å². The maximum atomic E-state index is 11.9. The van der Waals surface area contributed by atoms with Gasteiger partial charge >= 0.3 is 6.03 Å². The number of benzene rings is 2. The number of aliphatic imine (C=N–C) groups is 2. The molecule has 142 valence electrons. The summed E-state index contributed by atoms with van der Waals surface area (Å²) in [7, 11) is -3.80. The molecule has 0 spiro atoms. The zero-order valence-corrected chi connectivity index (χ0v) is 16.7. The first kappa shape index (κ1) is 18.5. The quantitative estimate of drug-likeness (QED) is 0.727. The van der Waals surface area contributed by atoms with Crippen LogP contribution < -0.4 is 15.8 Å². The molecule has 8 nitrogen and oxygen atoms in total. The van der Waals surface area contributed by atoms with Crippen LogP contribution in [-0.4, -0.2) is 26.1 Å². The van der Waals surface area contributed by atoms with Crippen LogP contribution in [0.1, 0.15) is 5.56 Å². The van der Waals surface area contributed by atoms with Gasteiger partial charge in [0, 0.05) is 16.4 Å². The Morgan fingerprint density at radius 3 is 2.25 bits per heavy atom. The number of nitrogens with zero attached hydrogens (tertiary/aromatic N) is 3. The minimum atomic E-state index is -3.80.